The zero-order chi connectivity index (χ0) is 17.6. The van der Waals surface area contributed by atoms with E-state index in [1.807, 2.05) is 18.2 Å². The first-order chi connectivity index (χ1) is 12.3. The van der Waals surface area contributed by atoms with Gasteiger partial charge in [-0.2, -0.15) is 5.26 Å². The number of aromatic amines is 1. The molecular weight excluding hydrogens is 306 g/mol. The summed E-state index contributed by atoms with van der Waals surface area (Å²) in [5.41, 5.74) is 4.56. The molecule has 1 heterocycles. The average molecular weight is 335 g/mol. The van der Waals surface area contributed by atoms with E-state index in [-0.39, 0.29) is 0 Å². The first-order valence-electron chi connectivity index (χ1n) is 9.71. The number of aromatic nitrogens is 1. The summed E-state index contributed by atoms with van der Waals surface area (Å²) < 4.78 is 0. The average Bonchev–Trinajstić information content (AvgIpc) is 3.08. The zero-order valence-electron chi connectivity index (χ0n) is 15.5. The molecule has 3 heteroatoms. The Balaban J connectivity index is 1.77. The molecule has 1 aromatic carbocycles. The third-order valence-electron chi connectivity index (χ3n) is 5.37. The fourth-order valence-electron chi connectivity index (χ4n) is 3.98. The molecule has 0 amide bonds. The van der Waals surface area contributed by atoms with Crippen molar-refractivity contribution in [1.82, 2.24) is 9.88 Å². The molecule has 0 radical (unpaired) electrons. The summed E-state index contributed by atoms with van der Waals surface area (Å²) in [5, 5.41) is 10.4. The normalized spacial score (nSPS) is 17.7. The van der Waals surface area contributed by atoms with Crippen LogP contribution in [0.15, 0.2) is 30.5 Å². The number of rotatable bonds is 7. The number of benzene rings is 1. The van der Waals surface area contributed by atoms with Gasteiger partial charge >= 0.3 is 0 Å². The van der Waals surface area contributed by atoms with E-state index >= 15 is 0 Å². The number of hydrogen-bond donors (Lipinski definition) is 1. The fourth-order valence-corrected chi connectivity index (χ4v) is 3.98. The van der Waals surface area contributed by atoms with Gasteiger partial charge in [0.25, 0.3) is 0 Å². The van der Waals surface area contributed by atoms with E-state index in [1.54, 1.807) is 0 Å². The molecule has 2 aromatic rings. The third-order valence-corrected chi connectivity index (χ3v) is 5.37. The first kappa shape index (κ1) is 17.8. The van der Waals surface area contributed by atoms with Crippen LogP contribution in [0.5, 0.6) is 0 Å². The molecule has 0 saturated heterocycles. The van der Waals surface area contributed by atoms with Crippen LogP contribution in [-0.2, 0) is 0 Å². The van der Waals surface area contributed by atoms with Gasteiger partial charge in [-0.05, 0) is 69.0 Å². The van der Waals surface area contributed by atoms with Gasteiger partial charge in [-0.15, -0.1) is 0 Å². The molecule has 1 N–H and O–H groups in total. The lowest BCUT2D eigenvalue weighted by molar-refractivity contribution is 0.183. The molecule has 0 aliphatic heterocycles. The lowest BCUT2D eigenvalue weighted by atomic mass is 9.89. The number of nitrogens with one attached hydrogen (secondary N) is 1. The minimum atomic E-state index is 0.690. The molecular formula is C22H29N3. The third kappa shape index (κ3) is 3.96. The largest absolute Gasteiger partial charge is 0.361 e. The molecule has 1 aliphatic rings. The Hall–Kier alpha value is -2.05. The molecule has 0 fully saturated rings. The van der Waals surface area contributed by atoms with Crippen molar-refractivity contribution < 1.29 is 0 Å². The summed E-state index contributed by atoms with van der Waals surface area (Å²) in [7, 11) is 0. The second kappa shape index (κ2) is 8.36. The summed E-state index contributed by atoms with van der Waals surface area (Å²) in [6.07, 6.45) is 11.8. The molecule has 25 heavy (non-hydrogen) atoms. The van der Waals surface area contributed by atoms with Crippen molar-refractivity contribution >= 4 is 16.5 Å². The van der Waals surface area contributed by atoms with E-state index in [2.05, 4.69) is 42.1 Å². The highest BCUT2D eigenvalue weighted by atomic mass is 15.1. The van der Waals surface area contributed by atoms with Crippen molar-refractivity contribution in [2.24, 2.45) is 0 Å². The van der Waals surface area contributed by atoms with E-state index in [9.17, 15) is 5.26 Å². The zero-order valence-corrected chi connectivity index (χ0v) is 15.5. The Morgan fingerprint density at radius 2 is 2.12 bits per heavy atom. The van der Waals surface area contributed by atoms with Crippen LogP contribution < -0.4 is 0 Å². The van der Waals surface area contributed by atoms with E-state index in [0.717, 1.165) is 23.9 Å². The first-order valence-corrected chi connectivity index (χ1v) is 9.71. The maximum Gasteiger partial charge on any atom is 0.0991 e. The molecule has 1 aromatic heterocycles. The van der Waals surface area contributed by atoms with Gasteiger partial charge in [-0.1, -0.05) is 26.3 Å². The van der Waals surface area contributed by atoms with Crippen LogP contribution in [0.1, 0.15) is 63.5 Å². The summed E-state index contributed by atoms with van der Waals surface area (Å²) in [5.74, 6) is 0. The van der Waals surface area contributed by atoms with E-state index in [4.69, 9.17) is 0 Å². The van der Waals surface area contributed by atoms with Gasteiger partial charge in [0.2, 0.25) is 0 Å². The van der Waals surface area contributed by atoms with Crippen molar-refractivity contribution in [1.29, 1.82) is 5.26 Å². The number of H-pyrrole nitrogens is 1. The predicted molar refractivity (Wildman–Crippen MR) is 105 cm³/mol. The molecule has 132 valence electrons. The molecule has 1 unspecified atom stereocenters. The number of fused-ring (bicyclic) bond motifs is 1. The maximum absolute atomic E-state index is 9.17. The number of nitriles is 1. The van der Waals surface area contributed by atoms with Crippen molar-refractivity contribution in [2.45, 2.75) is 58.4 Å². The smallest absolute Gasteiger partial charge is 0.0991 e. The second-order valence-corrected chi connectivity index (χ2v) is 7.12. The SMILES string of the molecule is CCCCN(CCC)C1CC=C(c2c[nH]c3ccc(C#N)cc23)CC1. The lowest BCUT2D eigenvalue weighted by Gasteiger charge is -2.33. The molecule has 3 nitrogen and oxygen atoms in total. The van der Waals surface area contributed by atoms with Gasteiger partial charge in [0.1, 0.15) is 0 Å². The summed E-state index contributed by atoms with van der Waals surface area (Å²) in [6.45, 7) is 7.00. The van der Waals surface area contributed by atoms with Gasteiger partial charge < -0.3 is 9.88 Å². The van der Waals surface area contributed by atoms with Crippen LogP contribution in [0, 0.1) is 11.3 Å². The van der Waals surface area contributed by atoms with Crippen molar-refractivity contribution in [3.8, 4) is 6.07 Å². The minimum Gasteiger partial charge on any atom is -0.361 e. The van der Waals surface area contributed by atoms with Crippen LogP contribution in [-0.4, -0.2) is 29.0 Å². The molecule has 1 aliphatic carbocycles. The highest BCUT2D eigenvalue weighted by Crippen LogP contribution is 2.34. The second-order valence-electron chi connectivity index (χ2n) is 7.12. The number of nitrogens with zero attached hydrogens (tertiary/aromatic N) is 2. The van der Waals surface area contributed by atoms with Gasteiger partial charge in [0, 0.05) is 28.7 Å². The maximum atomic E-state index is 9.17. The number of hydrogen-bond acceptors (Lipinski definition) is 2. The van der Waals surface area contributed by atoms with E-state index in [0.29, 0.717) is 6.04 Å². The summed E-state index contributed by atoms with van der Waals surface area (Å²) in [4.78, 5) is 6.05. The molecule has 3 rings (SSSR count). The van der Waals surface area contributed by atoms with Crippen LogP contribution in [0.3, 0.4) is 0 Å². The van der Waals surface area contributed by atoms with Crippen LogP contribution in [0.2, 0.25) is 0 Å². The van der Waals surface area contributed by atoms with E-state index in [1.165, 1.54) is 55.3 Å². The van der Waals surface area contributed by atoms with Crippen LogP contribution in [0.25, 0.3) is 16.5 Å². The minimum absolute atomic E-state index is 0.690. The van der Waals surface area contributed by atoms with Crippen molar-refractivity contribution in [3.05, 3.63) is 41.6 Å². The number of allylic oxidation sites excluding steroid dienone is 1. The van der Waals surface area contributed by atoms with Crippen molar-refractivity contribution in [3.63, 3.8) is 0 Å². The molecule has 0 saturated carbocycles. The Morgan fingerprint density at radius 1 is 1.24 bits per heavy atom. The lowest BCUT2D eigenvalue weighted by Crippen LogP contribution is -2.37. The highest BCUT2D eigenvalue weighted by Gasteiger charge is 2.22. The van der Waals surface area contributed by atoms with Gasteiger partial charge in [0.05, 0.1) is 11.6 Å². The Labute approximate surface area is 151 Å². The van der Waals surface area contributed by atoms with Gasteiger partial charge in [-0.25, -0.2) is 0 Å². The van der Waals surface area contributed by atoms with Gasteiger partial charge in [-0.3, -0.25) is 0 Å². The van der Waals surface area contributed by atoms with Crippen LogP contribution >= 0.6 is 0 Å². The molecule has 0 spiro atoms. The van der Waals surface area contributed by atoms with Gasteiger partial charge in [0.15, 0.2) is 0 Å². The quantitative estimate of drug-likeness (QED) is 0.727. The van der Waals surface area contributed by atoms with E-state index < -0.39 is 0 Å². The Morgan fingerprint density at radius 3 is 2.80 bits per heavy atom. The molecule has 1 atom stereocenters. The monoisotopic (exact) mass is 335 g/mol. The summed E-state index contributed by atoms with van der Waals surface area (Å²) >= 11 is 0. The van der Waals surface area contributed by atoms with Crippen LogP contribution in [0.4, 0.5) is 0 Å². The number of unbranched alkanes of at least 4 members (excludes halogenated alkanes) is 1. The Kier molecular flexibility index (Phi) is 5.94. The summed E-state index contributed by atoms with van der Waals surface area (Å²) in [6, 6.07) is 8.85. The fraction of sp³-hybridized carbons (Fsp3) is 0.500. The highest BCUT2D eigenvalue weighted by molar-refractivity contribution is 5.93. The standard InChI is InChI=1S/C22H29N3/c1-3-5-13-25(12-4-2)19-9-7-18(8-10-19)21-16-24-22-11-6-17(15-23)14-20(21)22/h6-7,11,14,16,19,24H,3-5,8-10,12-13H2,1-2H3. The Bertz CT molecular complexity index is 778. The topological polar surface area (TPSA) is 42.8 Å². The molecule has 0 bridgehead atoms. The van der Waals surface area contributed by atoms with Crippen molar-refractivity contribution in [2.75, 3.05) is 13.1 Å². The predicted octanol–water partition coefficient (Wildman–Crippen LogP) is 5.49.